The first-order valence-corrected chi connectivity index (χ1v) is 15.3. The number of hydrogen-bond donors (Lipinski definition) is 3. The van der Waals surface area contributed by atoms with Crippen LogP contribution in [0.5, 0.6) is 0 Å². The molecule has 3 N–H and O–H groups in total. The summed E-state index contributed by atoms with van der Waals surface area (Å²) in [6, 6.07) is 8.34. The summed E-state index contributed by atoms with van der Waals surface area (Å²) in [6.07, 6.45) is 5.26. The maximum absolute atomic E-state index is 13.2. The molecule has 2 amide bonds. The first kappa shape index (κ1) is 28.9. The van der Waals surface area contributed by atoms with Gasteiger partial charge in [0.2, 0.25) is 5.91 Å². The molecule has 11 nitrogen and oxygen atoms in total. The molecular weight excluding hydrogens is 536 g/mol. The third-order valence-electron chi connectivity index (χ3n) is 9.46. The molecule has 3 unspecified atom stereocenters. The average Bonchev–Trinajstić information content (AvgIpc) is 3.67. The van der Waals surface area contributed by atoms with Gasteiger partial charge in [0, 0.05) is 36.4 Å². The van der Waals surface area contributed by atoms with E-state index in [1.807, 2.05) is 43.9 Å². The van der Waals surface area contributed by atoms with Crippen LogP contribution in [0.25, 0.3) is 0 Å². The van der Waals surface area contributed by atoms with Crippen molar-refractivity contribution in [1.29, 1.82) is 5.26 Å². The zero-order chi connectivity index (χ0) is 29.6. The highest BCUT2D eigenvalue weighted by Gasteiger charge is 2.56. The van der Waals surface area contributed by atoms with Gasteiger partial charge in [0.15, 0.2) is 6.10 Å². The number of piperidine rings is 1. The van der Waals surface area contributed by atoms with Gasteiger partial charge in [-0.25, -0.2) is 15.2 Å². The Kier molecular flexibility index (Phi) is 7.66. The van der Waals surface area contributed by atoms with E-state index in [0.717, 1.165) is 36.1 Å². The highest BCUT2D eigenvalue weighted by atomic mass is 16.6. The molecule has 4 fully saturated rings. The van der Waals surface area contributed by atoms with E-state index in [1.165, 1.54) is 12.8 Å². The molecule has 5 aliphatic rings. The topological polar surface area (TPSA) is 136 Å². The van der Waals surface area contributed by atoms with Crippen LogP contribution in [0.15, 0.2) is 18.2 Å². The molecule has 1 aliphatic carbocycles. The molecule has 0 radical (unpaired) electrons. The zero-order valence-electron chi connectivity index (χ0n) is 24.8. The quantitative estimate of drug-likeness (QED) is 0.436. The Morgan fingerprint density at radius 2 is 2.00 bits per heavy atom. The van der Waals surface area contributed by atoms with Gasteiger partial charge in [0.1, 0.15) is 11.8 Å². The molecule has 42 heavy (non-hydrogen) atoms. The van der Waals surface area contributed by atoms with E-state index in [9.17, 15) is 19.6 Å². The molecule has 1 saturated carbocycles. The lowest BCUT2D eigenvalue weighted by Gasteiger charge is -2.47. The first-order valence-electron chi connectivity index (χ1n) is 15.3. The summed E-state index contributed by atoms with van der Waals surface area (Å²) < 4.78 is 11.6. The minimum Gasteiger partial charge on any atom is -0.458 e. The van der Waals surface area contributed by atoms with E-state index in [0.29, 0.717) is 32.0 Å². The molecule has 1 aromatic carbocycles. The lowest BCUT2D eigenvalue weighted by molar-refractivity contribution is -0.180. The number of benzene rings is 1. The number of anilines is 1. The van der Waals surface area contributed by atoms with E-state index < -0.39 is 35.3 Å². The predicted octanol–water partition coefficient (Wildman–Crippen LogP) is 2.82. The van der Waals surface area contributed by atoms with Crippen molar-refractivity contribution in [3.05, 3.63) is 29.3 Å². The standard InChI is InChI=1S/C31H42N6O5/c1-30(2,3)42-29(40)24-10-12-31(13-14-32,18-41-24)37-23-11-15-33-27(38)25(23)26(35-37)34-20-8-9-22-19(16-20)17-36(28(22)39)21-6-4-5-7-21/h8-9,16,21,23-26,34-35H,4-7,10-13,15,17-18H2,1-3H3,(H,33,38)/t23?,24-,25?,26?,31-/m0/s1. The van der Waals surface area contributed by atoms with Crippen LogP contribution in [0.1, 0.15) is 88.1 Å². The Morgan fingerprint density at radius 3 is 2.69 bits per heavy atom. The summed E-state index contributed by atoms with van der Waals surface area (Å²) >= 11 is 0. The van der Waals surface area contributed by atoms with Crippen LogP contribution in [0, 0.1) is 17.2 Å². The number of ether oxygens (including phenoxy) is 2. The minimum atomic E-state index is -0.698. The number of esters is 1. The third kappa shape index (κ3) is 5.36. The summed E-state index contributed by atoms with van der Waals surface area (Å²) in [5, 5.41) is 18.5. The Bertz CT molecular complexity index is 1270. The van der Waals surface area contributed by atoms with Crippen molar-refractivity contribution in [1.82, 2.24) is 20.7 Å². The normalized spacial score (nSPS) is 31.8. The van der Waals surface area contributed by atoms with Gasteiger partial charge in [-0.15, -0.1) is 0 Å². The van der Waals surface area contributed by atoms with E-state index in [1.54, 1.807) is 0 Å². The molecule has 1 aromatic rings. The van der Waals surface area contributed by atoms with Crippen LogP contribution in [0.2, 0.25) is 0 Å². The second-order valence-corrected chi connectivity index (χ2v) is 13.5. The number of nitrogens with one attached hydrogen (secondary N) is 3. The number of nitrogens with zero attached hydrogens (tertiary/aromatic N) is 3. The maximum atomic E-state index is 13.2. The molecule has 11 heteroatoms. The van der Waals surface area contributed by atoms with Crippen molar-refractivity contribution >= 4 is 23.5 Å². The molecule has 0 aromatic heterocycles. The second kappa shape index (κ2) is 11.1. The fourth-order valence-corrected chi connectivity index (χ4v) is 7.46. The lowest BCUT2D eigenvalue weighted by Crippen LogP contribution is -2.63. The number of fused-ring (bicyclic) bond motifs is 2. The van der Waals surface area contributed by atoms with Crippen molar-refractivity contribution in [2.45, 2.75) is 114 Å². The lowest BCUT2D eigenvalue weighted by atomic mass is 9.83. The van der Waals surface area contributed by atoms with E-state index in [2.05, 4.69) is 27.1 Å². The van der Waals surface area contributed by atoms with Gasteiger partial charge in [-0.1, -0.05) is 12.8 Å². The van der Waals surface area contributed by atoms with Crippen molar-refractivity contribution in [2.75, 3.05) is 18.5 Å². The number of amides is 2. The van der Waals surface area contributed by atoms with E-state index in [4.69, 9.17) is 9.47 Å². The Hall–Kier alpha value is -3.20. The van der Waals surface area contributed by atoms with Gasteiger partial charge in [0.05, 0.1) is 30.6 Å². The molecule has 4 aliphatic heterocycles. The van der Waals surface area contributed by atoms with Crippen LogP contribution < -0.4 is 16.1 Å². The fraction of sp³-hybridized carbons (Fsp3) is 0.677. The number of carbonyl (C=O) groups excluding carboxylic acids is 3. The first-order chi connectivity index (χ1) is 20.1. The minimum absolute atomic E-state index is 0.0436. The summed E-state index contributed by atoms with van der Waals surface area (Å²) in [4.78, 5) is 41.0. The van der Waals surface area contributed by atoms with Gasteiger partial charge < -0.3 is 25.0 Å². The van der Waals surface area contributed by atoms with Gasteiger partial charge in [0.25, 0.3) is 5.91 Å². The van der Waals surface area contributed by atoms with Crippen LogP contribution in [-0.4, -0.2) is 76.3 Å². The zero-order valence-corrected chi connectivity index (χ0v) is 24.8. The highest BCUT2D eigenvalue weighted by molar-refractivity contribution is 5.99. The second-order valence-electron chi connectivity index (χ2n) is 13.5. The molecule has 3 saturated heterocycles. The largest absolute Gasteiger partial charge is 0.458 e. The number of hydrogen-bond acceptors (Lipinski definition) is 9. The Morgan fingerprint density at radius 1 is 1.21 bits per heavy atom. The smallest absolute Gasteiger partial charge is 0.335 e. The number of nitriles is 1. The average molecular weight is 579 g/mol. The van der Waals surface area contributed by atoms with Crippen LogP contribution >= 0.6 is 0 Å². The van der Waals surface area contributed by atoms with Crippen LogP contribution in [0.4, 0.5) is 5.69 Å². The summed E-state index contributed by atoms with van der Waals surface area (Å²) in [6.45, 7) is 6.82. The SMILES string of the molecule is CC(C)(C)OC(=O)[C@@H]1CC[C@@](CC#N)(N2NC(Nc3ccc4c(c3)CN(C3CCCC3)C4=O)C3C(=O)NCCC32)CO1. The summed E-state index contributed by atoms with van der Waals surface area (Å²) in [5.74, 6) is -0.722. The maximum Gasteiger partial charge on any atom is 0.335 e. The molecule has 226 valence electrons. The van der Waals surface area contributed by atoms with Crippen LogP contribution in [-0.2, 0) is 25.6 Å². The molecule has 0 spiro atoms. The van der Waals surface area contributed by atoms with Crippen LogP contribution in [0.3, 0.4) is 0 Å². The van der Waals surface area contributed by atoms with Crippen molar-refractivity contribution in [3.63, 3.8) is 0 Å². The highest BCUT2D eigenvalue weighted by Crippen LogP contribution is 2.41. The van der Waals surface area contributed by atoms with Gasteiger partial charge >= 0.3 is 5.97 Å². The number of hydrazine groups is 1. The molecule has 5 atom stereocenters. The molecule has 6 rings (SSSR count). The van der Waals surface area contributed by atoms with Gasteiger partial charge in [-0.2, -0.15) is 5.26 Å². The predicted molar refractivity (Wildman–Crippen MR) is 154 cm³/mol. The fourth-order valence-electron chi connectivity index (χ4n) is 7.46. The van der Waals surface area contributed by atoms with Crippen molar-refractivity contribution in [2.24, 2.45) is 5.92 Å². The van der Waals surface area contributed by atoms with E-state index in [-0.39, 0.29) is 30.9 Å². The molecular formula is C31H42N6O5. The summed E-state index contributed by atoms with van der Waals surface area (Å²) in [7, 11) is 0. The Balaban J connectivity index is 1.20. The number of carbonyl (C=O) groups is 3. The van der Waals surface area contributed by atoms with Gasteiger partial charge in [-0.05, 0) is 76.6 Å². The van der Waals surface area contributed by atoms with E-state index >= 15 is 0 Å². The Labute approximate surface area is 247 Å². The molecule has 4 heterocycles. The summed E-state index contributed by atoms with van der Waals surface area (Å²) in [5.41, 5.74) is 4.85. The van der Waals surface area contributed by atoms with Crippen molar-refractivity contribution in [3.8, 4) is 6.07 Å². The third-order valence-corrected chi connectivity index (χ3v) is 9.46. The number of rotatable bonds is 6. The monoisotopic (exact) mass is 578 g/mol. The van der Waals surface area contributed by atoms with Crippen molar-refractivity contribution < 1.29 is 23.9 Å². The molecule has 0 bridgehead atoms. The van der Waals surface area contributed by atoms with Gasteiger partial charge in [-0.3, -0.25) is 9.59 Å².